The highest BCUT2D eigenvalue weighted by molar-refractivity contribution is 5.83. The molecule has 0 aromatic heterocycles. The summed E-state index contributed by atoms with van der Waals surface area (Å²) in [4.78, 5) is 14.2. The summed E-state index contributed by atoms with van der Waals surface area (Å²) in [5.74, 6) is 0.685. The maximum atomic E-state index is 12.3. The predicted octanol–water partition coefficient (Wildman–Crippen LogP) is 2.62. The SMILES string of the molecule is C=CCN1CCC(C)C(C)(CC=C)C1=O. The van der Waals surface area contributed by atoms with Crippen LogP contribution in [0.4, 0.5) is 0 Å². The van der Waals surface area contributed by atoms with Crippen molar-refractivity contribution >= 4 is 5.91 Å². The quantitative estimate of drug-likeness (QED) is 0.649. The Morgan fingerprint density at radius 3 is 2.73 bits per heavy atom. The summed E-state index contributed by atoms with van der Waals surface area (Å²) in [5.41, 5.74) is -0.261. The van der Waals surface area contributed by atoms with Crippen molar-refractivity contribution in [2.45, 2.75) is 26.7 Å². The van der Waals surface area contributed by atoms with Crippen molar-refractivity contribution in [3.8, 4) is 0 Å². The molecule has 1 saturated heterocycles. The van der Waals surface area contributed by atoms with Crippen molar-refractivity contribution < 1.29 is 4.79 Å². The van der Waals surface area contributed by atoms with E-state index in [4.69, 9.17) is 0 Å². The lowest BCUT2D eigenvalue weighted by Crippen LogP contribution is -2.51. The van der Waals surface area contributed by atoms with Gasteiger partial charge >= 0.3 is 0 Å². The van der Waals surface area contributed by atoms with E-state index in [1.54, 1.807) is 6.08 Å². The van der Waals surface area contributed by atoms with E-state index in [0.717, 1.165) is 19.4 Å². The molecule has 0 aromatic rings. The van der Waals surface area contributed by atoms with Crippen molar-refractivity contribution in [1.29, 1.82) is 0 Å². The zero-order valence-corrected chi connectivity index (χ0v) is 9.83. The summed E-state index contributed by atoms with van der Waals surface area (Å²) in [6.45, 7) is 13.2. The molecule has 1 fully saturated rings. The van der Waals surface area contributed by atoms with Gasteiger partial charge in [-0.1, -0.05) is 26.0 Å². The molecule has 2 atom stereocenters. The van der Waals surface area contributed by atoms with Crippen LogP contribution in [0.25, 0.3) is 0 Å². The maximum Gasteiger partial charge on any atom is 0.229 e. The molecule has 0 saturated carbocycles. The number of carbonyl (C=O) groups is 1. The summed E-state index contributed by atoms with van der Waals surface area (Å²) < 4.78 is 0. The number of piperidine rings is 1. The van der Waals surface area contributed by atoms with Gasteiger partial charge in [0.1, 0.15) is 0 Å². The largest absolute Gasteiger partial charge is 0.338 e. The highest BCUT2D eigenvalue weighted by atomic mass is 16.2. The minimum Gasteiger partial charge on any atom is -0.338 e. The summed E-state index contributed by atoms with van der Waals surface area (Å²) in [6.07, 6.45) is 5.48. The second kappa shape index (κ2) is 4.65. The average Bonchev–Trinajstić information content (AvgIpc) is 2.21. The van der Waals surface area contributed by atoms with E-state index in [0.29, 0.717) is 12.5 Å². The van der Waals surface area contributed by atoms with Gasteiger partial charge in [0.15, 0.2) is 0 Å². The zero-order valence-electron chi connectivity index (χ0n) is 9.83. The lowest BCUT2D eigenvalue weighted by molar-refractivity contribution is -0.148. The van der Waals surface area contributed by atoms with Gasteiger partial charge in [-0.15, -0.1) is 13.2 Å². The first-order valence-corrected chi connectivity index (χ1v) is 5.57. The number of amides is 1. The molecule has 0 bridgehead atoms. The van der Waals surface area contributed by atoms with Crippen LogP contribution in [-0.2, 0) is 4.79 Å². The Hall–Kier alpha value is -1.05. The van der Waals surface area contributed by atoms with Gasteiger partial charge in [-0.05, 0) is 18.8 Å². The van der Waals surface area contributed by atoms with Crippen molar-refractivity contribution in [2.24, 2.45) is 11.3 Å². The number of carbonyl (C=O) groups excluding carboxylic acids is 1. The smallest absolute Gasteiger partial charge is 0.229 e. The molecule has 0 spiro atoms. The Morgan fingerprint density at radius 1 is 1.53 bits per heavy atom. The third-order valence-electron chi connectivity index (χ3n) is 3.61. The molecule has 15 heavy (non-hydrogen) atoms. The normalized spacial score (nSPS) is 31.5. The van der Waals surface area contributed by atoms with E-state index in [1.165, 1.54) is 0 Å². The van der Waals surface area contributed by atoms with Crippen molar-refractivity contribution in [3.63, 3.8) is 0 Å². The van der Waals surface area contributed by atoms with Crippen LogP contribution in [0.1, 0.15) is 26.7 Å². The van der Waals surface area contributed by atoms with Gasteiger partial charge in [-0.2, -0.15) is 0 Å². The molecule has 1 amide bonds. The van der Waals surface area contributed by atoms with E-state index in [2.05, 4.69) is 27.0 Å². The monoisotopic (exact) mass is 207 g/mol. The molecule has 2 heteroatoms. The third kappa shape index (κ3) is 2.14. The van der Waals surface area contributed by atoms with Gasteiger partial charge in [-0.25, -0.2) is 0 Å². The number of rotatable bonds is 4. The summed E-state index contributed by atoms with van der Waals surface area (Å²) in [7, 11) is 0. The van der Waals surface area contributed by atoms with E-state index >= 15 is 0 Å². The number of nitrogens with zero attached hydrogens (tertiary/aromatic N) is 1. The lowest BCUT2D eigenvalue weighted by atomic mass is 9.70. The van der Waals surface area contributed by atoms with Crippen LogP contribution in [0.3, 0.4) is 0 Å². The van der Waals surface area contributed by atoms with Gasteiger partial charge in [-0.3, -0.25) is 4.79 Å². The van der Waals surface area contributed by atoms with Crippen LogP contribution in [0, 0.1) is 11.3 Å². The molecule has 0 N–H and O–H groups in total. The highest BCUT2D eigenvalue weighted by Gasteiger charge is 2.43. The molecule has 0 aliphatic carbocycles. The molecular weight excluding hydrogens is 186 g/mol. The van der Waals surface area contributed by atoms with E-state index in [1.807, 2.05) is 11.0 Å². The van der Waals surface area contributed by atoms with Gasteiger partial charge in [0.05, 0.1) is 5.41 Å². The predicted molar refractivity (Wildman–Crippen MR) is 63.5 cm³/mol. The van der Waals surface area contributed by atoms with E-state index in [-0.39, 0.29) is 11.3 Å². The first-order valence-electron chi connectivity index (χ1n) is 5.57. The summed E-state index contributed by atoms with van der Waals surface area (Å²) in [5, 5.41) is 0. The van der Waals surface area contributed by atoms with Crippen molar-refractivity contribution in [3.05, 3.63) is 25.3 Å². The first kappa shape index (κ1) is 12.0. The lowest BCUT2D eigenvalue weighted by Gasteiger charge is -2.43. The Morgan fingerprint density at radius 2 is 2.20 bits per heavy atom. The third-order valence-corrected chi connectivity index (χ3v) is 3.61. The molecule has 0 radical (unpaired) electrons. The van der Waals surface area contributed by atoms with E-state index < -0.39 is 0 Å². The Kier molecular flexibility index (Phi) is 3.72. The fraction of sp³-hybridized carbons (Fsp3) is 0.615. The zero-order chi connectivity index (χ0) is 11.5. The number of likely N-dealkylation sites (tertiary alicyclic amines) is 1. The maximum absolute atomic E-state index is 12.3. The van der Waals surface area contributed by atoms with Crippen molar-refractivity contribution in [1.82, 2.24) is 4.90 Å². The van der Waals surface area contributed by atoms with Crippen molar-refractivity contribution in [2.75, 3.05) is 13.1 Å². The molecular formula is C13H21NO. The topological polar surface area (TPSA) is 20.3 Å². The number of allylic oxidation sites excluding steroid dienone is 1. The number of hydrogen-bond donors (Lipinski definition) is 0. The Labute approximate surface area is 92.7 Å². The highest BCUT2D eigenvalue weighted by Crippen LogP contribution is 2.39. The Balaban J connectivity index is 2.86. The van der Waals surface area contributed by atoms with Crippen LogP contribution in [0.15, 0.2) is 25.3 Å². The van der Waals surface area contributed by atoms with Crippen LogP contribution >= 0.6 is 0 Å². The summed E-state index contributed by atoms with van der Waals surface area (Å²) >= 11 is 0. The standard InChI is InChI=1S/C13H21NO/c1-5-8-13(4)11(3)7-10-14(9-6-2)12(13)15/h5-6,11H,1-2,7-10H2,3-4H3. The van der Waals surface area contributed by atoms with E-state index in [9.17, 15) is 4.79 Å². The van der Waals surface area contributed by atoms with Crippen LogP contribution in [0.2, 0.25) is 0 Å². The molecule has 2 nitrogen and oxygen atoms in total. The second-order valence-corrected chi connectivity index (χ2v) is 4.64. The van der Waals surface area contributed by atoms with Gasteiger partial charge < -0.3 is 4.90 Å². The van der Waals surface area contributed by atoms with Crippen LogP contribution in [-0.4, -0.2) is 23.9 Å². The summed E-state index contributed by atoms with van der Waals surface area (Å²) in [6, 6.07) is 0. The molecule has 1 heterocycles. The first-order chi connectivity index (χ1) is 7.06. The molecule has 1 rings (SSSR count). The van der Waals surface area contributed by atoms with Crippen LogP contribution < -0.4 is 0 Å². The molecule has 2 unspecified atom stereocenters. The minimum absolute atomic E-state index is 0.251. The number of hydrogen-bond acceptors (Lipinski definition) is 1. The molecule has 1 aliphatic rings. The molecule has 0 aromatic carbocycles. The average molecular weight is 207 g/mol. The Bertz CT molecular complexity index is 272. The molecule has 1 aliphatic heterocycles. The fourth-order valence-electron chi connectivity index (χ4n) is 2.26. The van der Waals surface area contributed by atoms with Crippen LogP contribution in [0.5, 0.6) is 0 Å². The van der Waals surface area contributed by atoms with Gasteiger partial charge in [0.25, 0.3) is 0 Å². The molecule has 84 valence electrons. The van der Waals surface area contributed by atoms with Gasteiger partial charge in [0.2, 0.25) is 5.91 Å². The fourth-order valence-corrected chi connectivity index (χ4v) is 2.26. The second-order valence-electron chi connectivity index (χ2n) is 4.64. The minimum atomic E-state index is -0.261. The van der Waals surface area contributed by atoms with Gasteiger partial charge in [0, 0.05) is 13.1 Å².